The summed E-state index contributed by atoms with van der Waals surface area (Å²) in [6, 6.07) is 54.8. The smallest absolute Gasteiger partial charge is 0.135 e. The minimum atomic E-state index is 0.920. The first-order valence-corrected chi connectivity index (χ1v) is 15.1. The number of rotatable bonds is 2. The van der Waals surface area contributed by atoms with Crippen molar-refractivity contribution in [2.24, 2.45) is 0 Å². The second-order valence-corrected chi connectivity index (χ2v) is 11.7. The van der Waals surface area contributed by atoms with Crippen molar-refractivity contribution < 1.29 is 4.42 Å². The third-order valence-corrected chi connectivity index (χ3v) is 9.36. The minimum absolute atomic E-state index is 0.920. The molecule has 0 radical (unpaired) electrons. The van der Waals surface area contributed by atoms with E-state index in [0.717, 1.165) is 27.6 Å². The Morgan fingerprint density at radius 1 is 0.386 bits per heavy atom. The van der Waals surface area contributed by atoms with Crippen LogP contribution in [0.25, 0.3) is 92.9 Å². The van der Waals surface area contributed by atoms with Crippen LogP contribution in [0.1, 0.15) is 0 Å². The molecule has 2 nitrogen and oxygen atoms in total. The highest BCUT2D eigenvalue weighted by atomic mass is 16.3. The number of hydrogen-bond acceptors (Lipinski definition) is 1. The number of fused-ring (bicyclic) bond motifs is 13. The van der Waals surface area contributed by atoms with E-state index in [1.807, 2.05) is 12.1 Å². The molecule has 0 aliphatic rings. The molecule has 204 valence electrons. The second-order valence-electron chi connectivity index (χ2n) is 11.7. The van der Waals surface area contributed by atoms with Crippen LogP contribution in [-0.2, 0) is 0 Å². The Labute approximate surface area is 253 Å². The molecule has 44 heavy (non-hydrogen) atoms. The molecule has 0 bridgehead atoms. The number of aromatic nitrogens is 1. The molecule has 0 aliphatic heterocycles. The molecule has 2 heterocycles. The second kappa shape index (κ2) is 8.82. The lowest BCUT2D eigenvalue weighted by molar-refractivity contribution is 0.669. The molecule has 10 rings (SSSR count). The van der Waals surface area contributed by atoms with Gasteiger partial charge in [-0.15, -0.1) is 0 Å². The fourth-order valence-electron chi connectivity index (χ4n) is 7.41. The topological polar surface area (TPSA) is 18.1 Å². The monoisotopic (exact) mass is 559 g/mol. The largest absolute Gasteiger partial charge is 0.456 e. The summed E-state index contributed by atoms with van der Waals surface area (Å²) in [5, 5.41) is 12.6. The highest BCUT2D eigenvalue weighted by Gasteiger charge is 2.20. The van der Waals surface area contributed by atoms with E-state index >= 15 is 0 Å². The van der Waals surface area contributed by atoms with Crippen LogP contribution in [0.15, 0.2) is 156 Å². The molecule has 0 unspecified atom stereocenters. The zero-order valence-corrected chi connectivity index (χ0v) is 23.8. The van der Waals surface area contributed by atoms with Crippen molar-refractivity contribution in [3.63, 3.8) is 0 Å². The van der Waals surface area contributed by atoms with Crippen molar-refractivity contribution in [3.8, 4) is 16.8 Å². The summed E-state index contributed by atoms with van der Waals surface area (Å²) in [5.74, 6) is 0. The van der Waals surface area contributed by atoms with E-state index in [0.29, 0.717) is 0 Å². The zero-order valence-electron chi connectivity index (χ0n) is 23.8. The van der Waals surface area contributed by atoms with Crippen LogP contribution < -0.4 is 0 Å². The Morgan fingerprint density at radius 2 is 1.00 bits per heavy atom. The molecule has 0 atom stereocenters. The Kier molecular flexibility index (Phi) is 4.75. The first-order valence-electron chi connectivity index (χ1n) is 15.1. The summed E-state index contributed by atoms with van der Waals surface area (Å²) >= 11 is 0. The fourth-order valence-corrected chi connectivity index (χ4v) is 7.41. The molecular weight excluding hydrogens is 534 g/mol. The number of para-hydroxylation sites is 1. The van der Waals surface area contributed by atoms with Gasteiger partial charge in [0.25, 0.3) is 0 Å². The molecule has 0 aliphatic carbocycles. The van der Waals surface area contributed by atoms with Gasteiger partial charge in [-0.25, -0.2) is 0 Å². The lowest BCUT2D eigenvalue weighted by atomic mass is 9.95. The maximum absolute atomic E-state index is 6.09. The summed E-state index contributed by atoms with van der Waals surface area (Å²) < 4.78 is 8.56. The van der Waals surface area contributed by atoms with Gasteiger partial charge >= 0.3 is 0 Å². The molecule has 2 aromatic heterocycles. The standard InChI is InChI=1S/C42H25NO/c1-2-10-30-27(9-1)19-23-37-40(30)41-34-14-5-3-11-31(34)32-12-4-6-15-35(32)42(41)43(37)29-21-17-26(18-22-29)28-20-24-39-36(25-28)33-13-7-8-16-38(33)44-39/h1-25H. The van der Waals surface area contributed by atoms with Crippen molar-refractivity contribution in [2.75, 3.05) is 0 Å². The van der Waals surface area contributed by atoms with Gasteiger partial charge in [0.1, 0.15) is 11.2 Å². The van der Waals surface area contributed by atoms with Crippen LogP contribution in [0.4, 0.5) is 0 Å². The Hall–Kier alpha value is -5.86. The van der Waals surface area contributed by atoms with Crippen LogP contribution in [0.5, 0.6) is 0 Å². The van der Waals surface area contributed by atoms with E-state index in [-0.39, 0.29) is 0 Å². The number of benzene rings is 8. The summed E-state index contributed by atoms with van der Waals surface area (Å²) in [6.07, 6.45) is 0. The van der Waals surface area contributed by atoms with Gasteiger partial charge in [-0.2, -0.15) is 0 Å². The summed E-state index contributed by atoms with van der Waals surface area (Å²) in [6.45, 7) is 0. The third kappa shape index (κ3) is 3.20. The van der Waals surface area contributed by atoms with Crippen molar-refractivity contribution in [1.29, 1.82) is 0 Å². The van der Waals surface area contributed by atoms with Crippen molar-refractivity contribution in [3.05, 3.63) is 152 Å². The minimum Gasteiger partial charge on any atom is -0.456 e. The van der Waals surface area contributed by atoms with E-state index in [1.165, 1.54) is 65.3 Å². The van der Waals surface area contributed by atoms with Crippen molar-refractivity contribution >= 4 is 76.1 Å². The average molecular weight is 560 g/mol. The quantitative estimate of drug-likeness (QED) is 0.193. The summed E-state index contributed by atoms with van der Waals surface area (Å²) in [4.78, 5) is 0. The predicted molar refractivity (Wildman–Crippen MR) is 186 cm³/mol. The summed E-state index contributed by atoms with van der Waals surface area (Å²) in [5.41, 5.74) is 7.84. The normalized spacial score (nSPS) is 12.1. The van der Waals surface area contributed by atoms with Crippen LogP contribution in [0.3, 0.4) is 0 Å². The third-order valence-electron chi connectivity index (χ3n) is 9.36. The van der Waals surface area contributed by atoms with Gasteiger partial charge in [-0.1, -0.05) is 115 Å². The van der Waals surface area contributed by atoms with Gasteiger partial charge in [-0.05, 0) is 74.5 Å². The molecular formula is C42H25NO. The highest BCUT2D eigenvalue weighted by Crippen LogP contribution is 2.44. The number of furan rings is 1. The maximum atomic E-state index is 6.09. The van der Waals surface area contributed by atoms with Gasteiger partial charge in [0.15, 0.2) is 0 Å². The van der Waals surface area contributed by atoms with Crippen molar-refractivity contribution in [1.82, 2.24) is 4.57 Å². The lowest BCUT2D eigenvalue weighted by Gasteiger charge is -2.13. The maximum Gasteiger partial charge on any atom is 0.135 e. The SMILES string of the molecule is c1ccc2c(c1)ccc1c2c2c3ccccc3c3ccccc3c2n1-c1ccc(-c2ccc3oc4ccccc4c3c2)cc1. The van der Waals surface area contributed by atoms with E-state index in [9.17, 15) is 0 Å². The first-order chi connectivity index (χ1) is 21.8. The van der Waals surface area contributed by atoms with Gasteiger partial charge in [0.2, 0.25) is 0 Å². The molecule has 0 spiro atoms. The van der Waals surface area contributed by atoms with E-state index in [4.69, 9.17) is 4.42 Å². The van der Waals surface area contributed by atoms with E-state index in [2.05, 4.69) is 144 Å². The lowest BCUT2D eigenvalue weighted by Crippen LogP contribution is -1.95. The Balaban J connectivity index is 1.27. The Morgan fingerprint density at radius 3 is 1.82 bits per heavy atom. The molecule has 2 heteroatoms. The predicted octanol–water partition coefficient (Wildman–Crippen LogP) is 11.8. The summed E-state index contributed by atoms with van der Waals surface area (Å²) in [7, 11) is 0. The van der Waals surface area contributed by atoms with Gasteiger partial charge in [0.05, 0.1) is 11.0 Å². The number of hydrogen-bond donors (Lipinski definition) is 0. The van der Waals surface area contributed by atoms with Crippen LogP contribution in [0.2, 0.25) is 0 Å². The molecule has 10 aromatic rings. The molecule has 0 amide bonds. The van der Waals surface area contributed by atoms with Crippen molar-refractivity contribution in [2.45, 2.75) is 0 Å². The van der Waals surface area contributed by atoms with Crippen LogP contribution >= 0.6 is 0 Å². The first kappa shape index (κ1) is 23.7. The Bertz CT molecular complexity index is 2760. The van der Waals surface area contributed by atoms with Gasteiger partial charge in [-0.3, -0.25) is 0 Å². The number of nitrogens with zero attached hydrogens (tertiary/aromatic N) is 1. The van der Waals surface area contributed by atoms with Gasteiger partial charge in [0, 0.05) is 32.6 Å². The van der Waals surface area contributed by atoms with E-state index in [1.54, 1.807) is 0 Å². The average Bonchev–Trinajstić information content (AvgIpc) is 3.65. The molecule has 8 aromatic carbocycles. The molecule has 0 saturated carbocycles. The van der Waals surface area contributed by atoms with E-state index < -0.39 is 0 Å². The fraction of sp³-hybridized carbons (Fsp3) is 0. The zero-order chi connectivity index (χ0) is 28.8. The molecule has 0 saturated heterocycles. The van der Waals surface area contributed by atoms with Crippen LogP contribution in [0, 0.1) is 0 Å². The molecule has 0 N–H and O–H groups in total. The van der Waals surface area contributed by atoms with Crippen LogP contribution in [-0.4, -0.2) is 4.57 Å². The molecule has 0 fully saturated rings. The highest BCUT2D eigenvalue weighted by molar-refractivity contribution is 6.35. The van der Waals surface area contributed by atoms with Gasteiger partial charge < -0.3 is 8.98 Å².